The molecule has 0 aliphatic carbocycles. The maximum atomic E-state index is 12.4. The van der Waals surface area contributed by atoms with E-state index in [1.54, 1.807) is 24.5 Å². The van der Waals surface area contributed by atoms with Crippen LogP contribution in [0, 0.1) is 13.8 Å². The van der Waals surface area contributed by atoms with Gasteiger partial charge in [0.15, 0.2) is 0 Å². The molecule has 2 aromatic heterocycles. The summed E-state index contributed by atoms with van der Waals surface area (Å²) in [4.78, 5) is 21.1. The van der Waals surface area contributed by atoms with E-state index in [0.29, 0.717) is 18.7 Å². The lowest BCUT2D eigenvalue weighted by Crippen LogP contribution is -2.24. The molecule has 6 heteroatoms. The number of imidazole rings is 1. The Hall–Kier alpha value is -3.67. The number of benzene rings is 2. The van der Waals surface area contributed by atoms with Gasteiger partial charge in [-0.15, -0.1) is 0 Å². The van der Waals surface area contributed by atoms with Crippen molar-refractivity contribution in [2.45, 2.75) is 39.8 Å². The summed E-state index contributed by atoms with van der Waals surface area (Å²) in [6, 6.07) is 17.8. The van der Waals surface area contributed by atoms with Gasteiger partial charge in [0.25, 0.3) is 5.91 Å². The zero-order valence-corrected chi connectivity index (χ0v) is 18.5. The first-order chi connectivity index (χ1) is 15.6. The molecule has 2 heterocycles. The highest BCUT2D eigenvalue weighted by molar-refractivity contribution is 5.93. The molecule has 4 rings (SSSR count). The number of rotatable bonds is 9. The topological polar surface area (TPSA) is 69.0 Å². The number of hydrogen-bond donors (Lipinski definition) is 1. The molecule has 1 amide bonds. The van der Waals surface area contributed by atoms with E-state index in [2.05, 4.69) is 53.0 Å². The van der Waals surface area contributed by atoms with Crippen LogP contribution in [0.4, 0.5) is 0 Å². The van der Waals surface area contributed by atoms with E-state index in [1.165, 1.54) is 5.56 Å². The summed E-state index contributed by atoms with van der Waals surface area (Å²) in [7, 11) is 0. The number of amides is 1. The van der Waals surface area contributed by atoms with Crippen molar-refractivity contribution in [1.82, 2.24) is 19.9 Å². The smallest absolute Gasteiger partial charge is 0.251 e. The molecule has 0 aliphatic rings. The van der Waals surface area contributed by atoms with Crippen molar-refractivity contribution < 1.29 is 9.53 Å². The van der Waals surface area contributed by atoms with Crippen molar-refractivity contribution in [3.8, 4) is 5.75 Å². The second-order valence-electron chi connectivity index (χ2n) is 7.91. The van der Waals surface area contributed by atoms with Crippen LogP contribution < -0.4 is 10.1 Å². The molecule has 6 nitrogen and oxygen atoms in total. The summed E-state index contributed by atoms with van der Waals surface area (Å²) in [5.74, 6) is 1.68. The minimum Gasteiger partial charge on any atom is -0.493 e. The number of fused-ring (bicyclic) bond motifs is 1. The van der Waals surface area contributed by atoms with E-state index >= 15 is 0 Å². The number of aromatic nitrogens is 3. The van der Waals surface area contributed by atoms with Crippen LogP contribution in [-0.2, 0) is 13.1 Å². The van der Waals surface area contributed by atoms with Crippen molar-refractivity contribution in [2.24, 2.45) is 0 Å². The van der Waals surface area contributed by atoms with Gasteiger partial charge in [0.05, 0.1) is 24.2 Å². The molecule has 2 aromatic carbocycles. The number of unbranched alkanes of at least 4 members (excludes halogenated alkanes) is 1. The number of hydrogen-bond acceptors (Lipinski definition) is 4. The standard InChI is InChI=1S/C26H28N4O2/c1-19-9-10-20(2)24(17-19)32-16-6-5-15-30-23-8-4-3-7-22(23)29-25(30)18-28-26(31)21-11-13-27-14-12-21/h3-4,7-14,17H,5-6,15-16,18H2,1-2H3,(H,28,31). The summed E-state index contributed by atoms with van der Waals surface area (Å²) in [5.41, 5.74) is 4.96. The maximum absolute atomic E-state index is 12.4. The molecule has 0 aliphatic heterocycles. The molecule has 4 aromatic rings. The fourth-order valence-electron chi connectivity index (χ4n) is 3.69. The molecule has 0 spiro atoms. The number of ether oxygens (including phenoxy) is 1. The first-order valence-electron chi connectivity index (χ1n) is 10.9. The van der Waals surface area contributed by atoms with Crippen molar-refractivity contribution in [1.29, 1.82) is 0 Å². The Kier molecular flexibility index (Phi) is 6.80. The average Bonchev–Trinajstić information content (AvgIpc) is 3.17. The monoisotopic (exact) mass is 428 g/mol. The molecule has 0 radical (unpaired) electrons. The SMILES string of the molecule is Cc1ccc(C)c(OCCCCn2c(CNC(=O)c3ccncc3)nc3ccccc32)c1. The third kappa shape index (κ3) is 5.14. The highest BCUT2D eigenvalue weighted by atomic mass is 16.5. The number of nitrogens with one attached hydrogen (secondary N) is 1. The summed E-state index contributed by atoms with van der Waals surface area (Å²) in [6.45, 7) is 6.00. The van der Waals surface area contributed by atoms with E-state index in [0.717, 1.165) is 47.6 Å². The highest BCUT2D eigenvalue weighted by Crippen LogP contribution is 2.20. The van der Waals surface area contributed by atoms with E-state index in [1.807, 2.05) is 18.2 Å². The summed E-state index contributed by atoms with van der Waals surface area (Å²) < 4.78 is 8.19. The van der Waals surface area contributed by atoms with Crippen molar-refractivity contribution in [2.75, 3.05) is 6.61 Å². The third-order valence-electron chi connectivity index (χ3n) is 5.46. The van der Waals surface area contributed by atoms with Crippen LogP contribution in [-0.4, -0.2) is 27.0 Å². The van der Waals surface area contributed by atoms with Gasteiger partial charge in [0, 0.05) is 24.5 Å². The van der Waals surface area contributed by atoms with Gasteiger partial charge in [0.2, 0.25) is 0 Å². The first-order valence-corrected chi connectivity index (χ1v) is 10.9. The molecule has 0 saturated heterocycles. The molecule has 1 N–H and O–H groups in total. The number of pyridine rings is 1. The molecule has 0 fully saturated rings. The summed E-state index contributed by atoms with van der Waals surface area (Å²) in [5, 5.41) is 2.98. The zero-order chi connectivity index (χ0) is 22.3. The number of aryl methyl sites for hydroxylation is 3. The lowest BCUT2D eigenvalue weighted by Gasteiger charge is -2.12. The average molecular weight is 429 g/mol. The number of carbonyl (C=O) groups is 1. The quantitative estimate of drug-likeness (QED) is 0.388. The zero-order valence-electron chi connectivity index (χ0n) is 18.5. The van der Waals surface area contributed by atoms with Gasteiger partial charge in [-0.3, -0.25) is 9.78 Å². The maximum Gasteiger partial charge on any atom is 0.251 e. The van der Waals surface area contributed by atoms with Gasteiger partial charge in [-0.25, -0.2) is 4.98 Å². The number of carbonyl (C=O) groups excluding carboxylic acids is 1. The Morgan fingerprint density at radius 3 is 2.69 bits per heavy atom. The molecule has 0 unspecified atom stereocenters. The van der Waals surface area contributed by atoms with E-state index in [9.17, 15) is 4.79 Å². The Bertz CT molecular complexity index is 1200. The predicted molar refractivity (Wildman–Crippen MR) is 126 cm³/mol. The lowest BCUT2D eigenvalue weighted by molar-refractivity contribution is 0.0949. The van der Waals surface area contributed by atoms with Crippen molar-refractivity contribution >= 4 is 16.9 Å². The molecule has 0 atom stereocenters. The number of nitrogens with zero attached hydrogens (tertiary/aromatic N) is 3. The third-order valence-corrected chi connectivity index (χ3v) is 5.46. The van der Waals surface area contributed by atoms with Crippen LogP contribution in [0.5, 0.6) is 5.75 Å². The minimum atomic E-state index is -0.132. The van der Waals surface area contributed by atoms with E-state index in [4.69, 9.17) is 9.72 Å². The Labute approximate surface area is 188 Å². The first kappa shape index (κ1) is 21.6. The van der Waals surface area contributed by atoms with E-state index < -0.39 is 0 Å². The Balaban J connectivity index is 1.38. The fourth-order valence-corrected chi connectivity index (χ4v) is 3.69. The summed E-state index contributed by atoms with van der Waals surface area (Å²) in [6.07, 6.45) is 5.12. The van der Waals surface area contributed by atoms with Gasteiger partial charge >= 0.3 is 0 Å². The van der Waals surface area contributed by atoms with Crippen LogP contribution in [0.1, 0.15) is 40.2 Å². The molecule has 164 valence electrons. The molecule has 32 heavy (non-hydrogen) atoms. The van der Waals surface area contributed by atoms with Crippen LogP contribution >= 0.6 is 0 Å². The van der Waals surface area contributed by atoms with Crippen LogP contribution in [0.3, 0.4) is 0 Å². The van der Waals surface area contributed by atoms with Gasteiger partial charge in [0.1, 0.15) is 11.6 Å². The second kappa shape index (κ2) is 10.1. The van der Waals surface area contributed by atoms with Crippen LogP contribution in [0.2, 0.25) is 0 Å². The predicted octanol–water partition coefficient (Wildman–Crippen LogP) is 4.84. The van der Waals surface area contributed by atoms with Gasteiger partial charge in [-0.1, -0.05) is 24.3 Å². The minimum absolute atomic E-state index is 0.132. The highest BCUT2D eigenvalue weighted by Gasteiger charge is 2.12. The summed E-state index contributed by atoms with van der Waals surface area (Å²) >= 11 is 0. The van der Waals surface area contributed by atoms with Gasteiger partial charge < -0.3 is 14.6 Å². The fraction of sp³-hybridized carbons (Fsp3) is 0.269. The van der Waals surface area contributed by atoms with Crippen molar-refractivity contribution in [3.05, 3.63) is 89.5 Å². The van der Waals surface area contributed by atoms with Crippen LogP contribution in [0.25, 0.3) is 11.0 Å². The van der Waals surface area contributed by atoms with E-state index in [-0.39, 0.29) is 5.91 Å². The number of para-hydroxylation sites is 2. The second-order valence-corrected chi connectivity index (χ2v) is 7.91. The van der Waals surface area contributed by atoms with Gasteiger partial charge in [-0.2, -0.15) is 0 Å². The van der Waals surface area contributed by atoms with Crippen LogP contribution in [0.15, 0.2) is 67.0 Å². The molecular weight excluding hydrogens is 400 g/mol. The lowest BCUT2D eigenvalue weighted by atomic mass is 10.1. The molecular formula is C26H28N4O2. The van der Waals surface area contributed by atoms with Crippen molar-refractivity contribution in [3.63, 3.8) is 0 Å². The Morgan fingerprint density at radius 2 is 1.84 bits per heavy atom. The molecule has 0 bridgehead atoms. The molecule has 0 saturated carbocycles. The normalized spacial score (nSPS) is 10.9. The Morgan fingerprint density at radius 1 is 1.03 bits per heavy atom. The largest absolute Gasteiger partial charge is 0.493 e. The van der Waals surface area contributed by atoms with Gasteiger partial charge in [-0.05, 0) is 68.1 Å².